The van der Waals surface area contributed by atoms with Crippen molar-refractivity contribution in [3.05, 3.63) is 28.6 Å². The van der Waals surface area contributed by atoms with Crippen molar-refractivity contribution in [2.75, 3.05) is 0 Å². The quantitative estimate of drug-likeness (QED) is 0.772. The number of carbonyl (C=O) groups is 1. The molecule has 0 N–H and O–H groups in total. The van der Waals surface area contributed by atoms with Crippen LogP contribution >= 0.6 is 15.9 Å². The van der Waals surface area contributed by atoms with Gasteiger partial charge in [-0.3, -0.25) is 4.68 Å². The number of aromatic nitrogens is 2. The second-order valence-electron chi connectivity index (χ2n) is 2.82. The molecule has 0 aliphatic heterocycles. The van der Waals surface area contributed by atoms with Crippen LogP contribution in [0.5, 0.6) is 0 Å². The number of benzene rings is 1. The number of fused-ring (bicyclic) bond motifs is 1. The van der Waals surface area contributed by atoms with Gasteiger partial charge in [0.15, 0.2) is 0 Å². The van der Waals surface area contributed by atoms with Crippen LogP contribution in [0.15, 0.2) is 22.8 Å². The number of hydrogen-bond acceptors (Lipinski definition) is 2. The van der Waals surface area contributed by atoms with E-state index in [2.05, 4.69) is 21.0 Å². The van der Waals surface area contributed by atoms with Crippen molar-refractivity contribution >= 4 is 33.1 Å². The molecule has 1 aromatic heterocycles. The van der Waals surface area contributed by atoms with Crippen LogP contribution in [-0.4, -0.2) is 16.1 Å². The maximum atomic E-state index is 13.2. The maximum Gasteiger partial charge on any atom is 0.141 e. The van der Waals surface area contributed by atoms with Gasteiger partial charge in [0.1, 0.15) is 12.1 Å². The van der Waals surface area contributed by atoms with E-state index in [1.165, 1.54) is 10.7 Å². The molecule has 14 heavy (non-hydrogen) atoms. The normalized spacial score (nSPS) is 10.7. The third-order valence-corrected chi connectivity index (χ3v) is 2.54. The van der Waals surface area contributed by atoms with Crippen LogP contribution in [-0.2, 0) is 11.3 Å². The molecule has 2 rings (SSSR count). The Morgan fingerprint density at radius 2 is 2.36 bits per heavy atom. The fourth-order valence-electron chi connectivity index (χ4n) is 1.29. The summed E-state index contributed by atoms with van der Waals surface area (Å²) in [5.41, 5.74) is 0.623. The highest BCUT2D eigenvalue weighted by molar-refractivity contribution is 9.10. The molecule has 0 spiro atoms. The van der Waals surface area contributed by atoms with Gasteiger partial charge in [-0.2, -0.15) is 5.10 Å². The minimum atomic E-state index is -0.356. The lowest BCUT2D eigenvalue weighted by Crippen LogP contribution is -2.00. The molecule has 0 aliphatic rings. The third-order valence-electron chi connectivity index (χ3n) is 1.93. The SMILES string of the molecule is O=CCn1ncc2cc(Br)c(F)cc21. The third kappa shape index (κ3) is 1.43. The zero-order chi connectivity index (χ0) is 10.1. The maximum absolute atomic E-state index is 13.2. The van der Waals surface area contributed by atoms with Crippen LogP contribution in [0, 0.1) is 5.82 Å². The van der Waals surface area contributed by atoms with Crippen molar-refractivity contribution in [3.63, 3.8) is 0 Å². The number of aldehydes is 1. The smallest absolute Gasteiger partial charge is 0.141 e. The molecule has 0 fully saturated rings. The number of halogens is 2. The fourth-order valence-corrected chi connectivity index (χ4v) is 1.65. The number of rotatable bonds is 2. The molecule has 0 saturated heterocycles. The van der Waals surface area contributed by atoms with E-state index in [0.717, 1.165) is 11.7 Å². The number of nitrogens with zero attached hydrogens (tertiary/aromatic N) is 2. The zero-order valence-electron chi connectivity index (χ0n) is 7.08. The van der Waals surface area contributed by atoms with Crippen LogP contribution < -0.4 is 0 Å². The van der Waals surface area contributed by atoms with Crippen molar-refractivity contribution in [2.24, 2.45) is 0 Å². The summed E-state index contributed by atoms with van der Waals surface area (Å²) in [6.07, 6.45) is 2.33. The molecular weight excluding hydrogens is 251 g/mol. The lowest BCUT2D eigenvalue weighted by atomic mass is 10.2. The second kappa shape index (κ2) is 3.49. The number of carbonyl (C=O) groups excluding carboxylic acids is 1. The van der Waals surface area contributed by atoms with Crippen LogP contribution in [0.3, 0.4) is 0 Å². The first-order valence-electron chi connectivity index (χ1n) is 3.96. The van der Waals surface area contributed by atoms with E-state index in [1.807, 2.05) is 0 Å². The average molecular weight is 257 g/mol. The molecular formula is C9H6BrFN2O. The molecule has 0 atom stereocenters. The van der Waals surface area contributed by atoms with Gasteiger partial charge in [0.05, 0.1) is 22.7 Å². The highest BCUT2D eigenvalue weighted by Gasteiger charge is 2.06. The predicted molar refractivity (Wildman–Crippen MR) is 53.5 cm³/mol. The van der Waals surface area contributed by atoms with Crippen molar-refractivity contribution in [1.82, 2.24) is 9.78 Å². The van der Waals surface area contributed by atoms with E-state index < -0.39 is 0 Å². The predicted octanol–water partition coefficient (Wildman–Crippen LogP) is 2.14. The molecule has 0 radical (unpaired) electrons. The summed E-state index contributed by atoms with van der Waals surface area (Å²) < 4.78 is 15.0. The monoisotopic (exact) mass is 256 g/mol. The molecule has 3 nitrogen and oxygen atoms in total. The standard InChI is InChI=1S/C9H6BrFN2O/c10-7-3-6-5-12-13(1-2-14)9(6)4-8(7)11/h2-5H,1H2. The second-order valence-corrected chi connectivity index (χ2v) is 3.67. The summed E-state index contributed by atoms with van der Waals surface area (Å²) in [6.45, 7) is 0.143. The minimum absolute atomic E-state index is 0.143. The van der Waals surface area contributed by atoms with Gasteiger partial charge in [0.2, 0.25) is 0 Å². The van der Waals surface area contributed by atoms with Gasteiger partial charge in [-0.15, -0.1) is 0 Å². The molecule has 0 unspecified atom stereocenters. The first-order valence-corrected chi connectivity index (χ1v) is 4.76. The van der Waals surface area contributed by atoms with Gasteiger partial charge >= 0.3 is 0 Å². The molecule has 2 aromatic rings. The van der Waals surface area contributed by atoms with E-state index in [0.29, 0.717) is 9.99 Å². The molecule has 1 heterocycles. The lowest BCUT2D eigenvalue weighted by molar-refractivity contribution is -0.108. The van der Waals surface area contributed by atoms with Gasteiger partial charge in [-0.1, -0.05) is 0 Å². The van der Waals surface area contributed by atoms with E-state index in [4.69, 9.17) is 0 Å². The van der Waals surface area contributed by atoms with Gasteiger partial charge in [0, 0.05) is 11.5 Å². The number of hydrogen-bond donors (Lipinski definition) is 0. The molecule has 0 aliphatic carbocycles. The highest BCUT2D eigenvalue weighted by atomic mass is 79.9. The van der Waals surface area contributed by atoms with E-state index >= 15 is 0 Å². The Bertz CT molecular complexity index is 495. The van der Waals surface area contributed by atoms with Gasteiger partial charge in [-0.05, 0) is 22.0 Å². The topological polar surface area (TPSA) is 34.9 Å². The summed E-state index contributed by atoms with van der Waals surface area (Å²) in [6, 6.07) is 2.99. The zero-order valence-corrected chi connectivity index (χ0v) is 8.66. The Morgan fingerprint density at radius 1 is 1.57 bits per heavy atom. The Kier molecular flexibility index (Phi) is 2.33. The molecule has 0 saturated carbocycles. The summed E-state index contributed by atoms with van der Waals surface area (Å²) in [7, 11) is 0. The Labute approximate surface area is 87.6 Å². The van der Waals surface area contributed by atoms with E-state index in [1.54, 1.807) is 12.3 Å². The molecule has 5 heteroatoms. The minimum Gasteiger partial charge on any atom is -0.301 e. The van der Waals surface area contributed by atoms with Gasteiger partial charge in [0.25, 0.3) is 0 Å². The van der Waals surface area contributed by atoms with Crippen molar-refractivity contribution in [2.45, 2.75) is 6.54 Å². The Hall–Kier alpha value is -1.23. The summed E-state index contributed by atoms with van der Waals surface area (Å²) in [5, 5.41) is 4.77. The fraction of sp³-hybridized carbons (Fsp3) is 0.111. The summed E-state index contributed by atoms with van der Waals surface area (Å²) >= 11 is 3.08. The molecule has 1 aromatic carbocycles. The highest BCUT2D eigenvalue weighted by Crippen LogP contribution is 2.22. The first kappa shape index (κ1) is 9.33. The molecule has 0 bridgehead atoms. The Balaban J connectivity index is 2.67. The van der Waals surface area contributed by atoms with Crippen molar-refractivity contribution in [3.8, 4) is 0 Å². The van der Waals surface area contributed by atoms with E-state index in [-0.39, 0.29) is 12.4 Å². The largest absolute Gasteiger partial charge is 0.301 e. The van der Waals surface area contributed by atoms with Gasteiger partial charge < -0.3 is 4.79 Å². The molecule has 0 amide bonds. The average Bonchev–Trinajstić information content (AvgIpc) is 2.51. The van der Waals surface area contributed by atoms with E-state index in [9.17, 15) is 9.18 Å². The van der Waals surface area contributed by atoms with Crippen LogP contribution in [0.2, 0.25) is 0 Å². The van der Waals surface area contributed by atoms with Crippen molar-refractivity contribution < 1.29 is 9.18 Å². The van der Waals surface area contributed by atoms with Gasteiger partial charge in [-0.25, -0.2) is 4.39 Å². The summed E-state index contributed by atoms with van der Waals surface area (Å²) in [4.78, 5) is 10.3. The van der Waals surface area contributed by atoms with Crippen LogP contribution in [0.4, 0.5) is 4.39 Å². The van der Waals surface area contributed by atoms with Crippen LogP contribution in [0.1, 0.15) is 0 Å². The first-order chi connectivity index (χ1) is 6.72. The van der Waals surface area contributed by atoms with Crippen molar-refractivity contribution in [1.29, 1.82) is 0 Å². The van der Waals surface area contributed by atoms with Crippen LogP contribution in [0.25, 0.3) is 10.9 Å². The molecule has 72 valence electrons. The summed E-state index contributed by atoms with van der Waals surface area (Å²) in [5.74, 6) is -0.356. The Morgan fingerprint density at radius 3 is 3.07 bits per heavy atom. The lowest BCUT2D eigenvalue weighted by Gasteiger charge is -1.98.